The number of nitriles is 1. The van der Waals surface area contributed by atoms with Crippen molar-refractivity contribution in [3.63, 3.8) is 0 Å². The molecule has 0 atom stereocenters. The summed E-state index contributed by atoms with van der Waals surface area (Å²) in [6.45, 7) is -0.676. The largest absolute Gasteiger partial charge is 0.390 e. The predicted molar refractivity (Wildman–Crippen MR) is 151 cm³/mol. The first-order chi connectivity index (χ1) is 20.7. The van der Waals surface area contributed by atoms with E-state index in [1.54, 1.807) is 24.1 Å². The molecule has 44 heavy (non-hydrogen) atoms. The third-order valence-electron chi connectivity index (χ3n) is 7.12. The monoisotopic (exact) mass is 637 g/mol. The number of alkyl halides is 3. The van der Waals surface area contributed by atoms with Gasteiger partial charge in [-0.3, -0.25) is 14.4 Å². The minimum absolute atomic E-state index is 0.0158. The van der Waals surface area contributed by atoms with Crippen LogP contribution in [0.2, 0.25) is 0 Å². The first kappa shape index (κ1) is 32.9. The first-order valence-electron chi connectivity index (χ1n) is 13.8. The number of aliphatic hydroxyl groups excluding tert-OH is 1. The van der Waals surface area contributed by atoms with Crippen LogP contribution in [0.15, 0.2) is 42.5 Å². The quantitative estimate of drug-likeness (QED) is 0.188. The highest BCUT2D eigenvalue weighted by Crippen LogP contribution is 2.32. The van der Waals surface area contributed by atoms with Crippen LogP contribution in [0.4, 0.5) is 17.6 Å². The molecule has 0 unspecified atom stereocenters. The number of aliphatic hydroxyl groups is 1. The molecule has 236 valence electrons. The van der Waals surface area contributed by atoms with E-state index in [0.717, 1.165) is 44.2 Å². The zero-order valence-electron chi connectivity index (χ0n) is 24.0. The summed E-state index contributed by atoms with van der Waals surface area (Å²) >= 11 is 0. The van der Waals surface area contributed by atoms with Crippen molar-refractivity contribution in [3.8, 4) is 28.9 Å². The van der Waals surface area contributed by atoms with Crippen LogP contribution in [-0.2, 0) is 16.7 Å². The molecular weight excluding hydrogens is 606 g/mol. The normalized spacial score (nSPS) is 14.4. The van der Waals surface area contributed by atoms with Crippen LogP contribution in [0.3, 0.4) is 0 Å². The number of rotatable bonds is 10. The third-order valence-corrected chi connectivity index (χ3v) is 8.27. The predicted octanol–water partition coefficient (Wildman–Crippen LogP) is 4.95. The number of carbonyl (C=O) groups is 1. The molecule has 15 heteroatoms. The number of nitrogens with zero attached hydrogens (tertiary/aromatic N) is 5. The molecule has 1 saturated carbocycles. The van der Waals surface area contributed by atoms with E-state index < -0.39 is 46.8 Å². The molecule has 2 aromatic carbocycles. The Morgan fingerprint density at radius 1 is 1.14 bits per heavy atom. The summed E-state index contributed by atoms with van der Waals surface area (Å²) in [4.78, 5) is 18.6. The van der Waals surface area contributed by atoms with Crippen LogP contribution < -0.4 is 4.18 Å². The van der Waals surface area contributed by atoms with Crippen LogP contribution >= 0.6 is 0 Å². The van der Waals surface area contributed by atoms with E-state index in [9.17, 15) is 41.1 Å². The Bertz CT molecular complexity index is 1640. The Labute approximate surface area is 252 Å². The zero-order chi connectivity index (χ0) is 32.2. The Hall–Kier alpha value is -4.00. The highest BCUT2D eigenvalue weighted by Gasteiger charge is 2.34. The van der Waals surface area contributed by atoms with Crippen molar-refractivity contribution < 1.29 is 40.1 Å². The second-order valence-corrected chi connectivity index (χ2v) is 12.2. The maximum absolute atomic E-state index is 14.5. The van der Waals surface area contributed by atoms with Gasteiger partial charge in [0.2, 0.25) is 0 Å². The number of aromatic nitrogens is 2. The van der Waals surface area contributed by atoms with Crippen molar-refractivity contribution in [1.29, 1.82) is 5.26 Å². The molecule has 1 heterocycles. The molecular formula is C29H31F4N5O5S. The van der Waals surface area contributed by atoms with E-state index in [4.69, 9.17) is 4.18 Å². The molecule has 0 saturated heterocycles. The molecule has 1 amide bonds. The average Bonchev–Trinajstić information content (AvgIpc) is 3.36. The summed E-state index contributed by atoms with van der Waals surface area (Å²) in [5.74, 6) is -2.76. The molecule has 1 aliphatic rings. The van der Waals surface area contributed by atoms with Crippen LogP contribution in [0.25, 0.3) is 17.1 Å². The van der Waals surface area contributed by atoms with E-state index in [-0.39, 0.29) is 45.8 Å². The van der Waals surface area contributed by atoms with Gasteiger partial charge in [-0.2, -0.15) is 26.9 Å². The fourth-order valence-corrected chi connectivity index (χ4v) is 6.18. The molecule has 1 N–H and O–H groups in total. The van der Waals surface area contributed by atoms with Crippen molar-refractivity contribution >= 4 is 16.0 Å². The topological polar surface area (TPSA) is 129 Å². The summed E-state index contributed by atoms with van der Waals surface area (Å²) in [6, 6.07) is 10.3. The summed E-state index contributed by atoms with van der Waals surface area (Å²) in [5, 5.41) is 23.2. The van der Waals surface area contributed by atoms with Gasteiger partial charge in [-0.1, -0.05) is 19.3 Å². The van der Waals surface area contributed by atoms with E-state index in [1.807, 2.05) is 6.07 Å². The molecule has 1 aliphatic carbocycles. The number of hydrazine groups is 1. The van der Waals surface area contributed by atoms with Crippen molar-refractivity contribution in [2.45, 2.75) is 57.3 Å². The van der Waals surface area contributed by atoms with Crippen LogP contribution in [0, 0.1) is 17.1 Å². The smallest absolute Gasteiger partial charge is 0.390 e. The number of hydrogen-bond acceptors (Lipinski definition) is 8. The Morgan fingerprint density at radius 2 is 1.80 bits per heavy atom. The summed E-state index contributed by atoms with van der Waals surface area (Å²) < 4.78 is 82.5. The third kappa shape index (κ3) is 7.74. The van der Waals surface area contributed by atoms with Gasteiger partial charge < -0.3 is 9.29 Å². The van der Waals surface area contributed by atoms with Gasteiger partial charge in [-0.25, -0.2) is 14.4 Å². The van der Waals surface area contributed by atoms with Gasteiger partial charge in [-0.15, -0.1) is 0 Å². The second-order valence-electron chi connectivity index (χ2n) is 10.6. The fourth-order valence-electron chi connectivity index (χ4n) is 5.21. The second kappa shape index (κ2) is 13.3. The van der Waals surface area contributed by atoms with Gasteiger partial charge >= 0.3 is 16.3 Å². The minimum atomic E-state index is -4.69. The van der Waals surface area contributed by atoms with Crippen molar-refractivity contribution in [1.82, 2.24) is 19.6 Å². The van der Waals surface area contributed by atoms with Gasteiger partial charge in [0.15, 0.2) is 5.69 Å². The number of carbonyl (C=O) groups excluding carboxylic acids is 1. The molecule has 1 fully saturated rings. The molecule has 3 aromatic rings. The van der Waals surface area contributed by atoms with Gasteiger partial charge in [0.1, 0.15) is 17.4 Å². The lowest BCUT2D eigenvalue weighted by atomic mass is 9.95. The number of hydrogen-bond donors (Lipinski definition) is 1. The van der Waals surface area contributed by atoms with E-state index in [2.05, 4.69) is 4.98 Å². The number of imidazole rings is 1. The van der Waals surface area contributed by atoms with Gasteiger partial charge in [-0.05, 0) is 55.3 Å². The van der Waals surface area contributed by atoms with E-state index in [0.29, 0.717) is 0 Å². The van der Waals surface area contributed by atoms with Crippen molar-refractivity contribution in [2.24, 2.45) is 0 Å². The highest BCUT2D eigenvalue weighted by molar-refractivity contribution is 7.87. The number of benzene rings is 2. The summed E-state index contributed by atoms with van der Waals surface area (Å²) in [7, 11) is -1.13. The van der Waals surface area contributed by atoms with Crippen LogP contribution in [0.1, 0.15) is 60.3 Å². The standard InChI is InChI=1S/C29H31F4N5O5S/c1-36(2)38(23-6-4-3-5-7-23)28(40)26-25(18-39)37(27(35-26)20-14-19(17-34)15-21(30)16-20)22-8-10-24(11-9-22)43-44(41,42)13-12-29(31,32)33/h8-11,14-16,23,39H,3-7,12-13,18H2,1-2H3. The van der Waals surface area contributed by atoms with Crippen LogP contribution in [0.5, 0.6) is 5.75 Å². The molecule has 0 spiro atoms. The van der Waals surface area contributed by atoms with Gasteiger partial charge in [0.05, 0.1) is 36.1 Å². The number of halogens is 4. The molecule has 4 rings (SSSR count). The van der Waals surface area contributed by atoms with Crippen molar-refractivity contribution in [3.05, 3.63) is 65.2 Å². The fraction of sp³-hybridized carbons (Fsp3) is 0.414. The maximum Gasteiger partial charge on any atom is 0.390 e. The zero-order valence-corrected chi connectivity index (χ0v) is 24.8. The highest BCUT2D eigenvalue weighted by atomic mass is 32.2. The van der Waals surface area contributed by atoms with E-state index >= 15 is 0 Å². The molecule has 0 radical (unpaired) electrons. The molecule has 1 aromatic heterocycles. The Kier molecular flexibility index (Phi) is 9.97. The van der Waals surface area contributed by atoms with Crippen molar-refractivity contribution in [2.75, 3.05) is 19.8 Å². The summed E-state index contributed by atoms with van der Waals surface area (Å²) in [5.41, 5.74) is 0.284. The minimum Gasteiger partial charge on any atom is -0.390 e. The van der Waals surface area contributed by atoms with Gasteiger partial charge in [0, 0.05) is 31.4 Å². The average molecular weight is 638 g/mol. The Morgan fingerprint density at radius 3 is 2.36 bits per heavy atom. The lowest BCUT2D eigenvalue weighted by Gasteiger charge is -2.38. The van der Waals surface area contributed by atoms with Crippen LogP contribution in [-0.4, -0.2) is 71.1 Å². The lowest BCUT2D eigenvalue weighted by molar-refractivity contribution is -0.130. The Balaban J connectivity index is 1.81. The summed E-state index contributed by atoms with van der Waals surface area (Å²) in [6.07, 6.45) is -1.79. The van der Waals surface area contributed by atoms with Gasteiger partial charge in [0.25, 0.3) is 5.91 Å². The molecule has 0 bridgehead atoms. The lowest BCUT2D eigenvalue weighted by Crippen LogP contribution is -2.49. The molecule has 0 aliphatic heterocycles. The first-order valence-corrected chi connectivity index (χ1v) is 15.3. The maximum atomic E-state index is 14.5. The molecule has 10 nitrogen and oxygen atoms in total. The van der Waals surface area contributed by atoms with E-state index in [1.165, 1.54) is 34.9 Å². The number of amides is 1. The SMILES string of the molecule is CN(C)N(C(=O)c1nc(-c2cc(F)cc(C#N)c2)n(-c2ccc(OS(=O)(=O)CCC(F)(F)F)cc2)c1CO)C1CCCCC1.